The van der Waals surface area contributed by atoms with Crippen molar-refractivity contribution in [3.05, 3.63) is 35.4 Å². The zero-order valence-corrected chi connectivity index (χ0v) is 9.84. The van der Waals surface area contributed by atoms with Gasteiger partial charge in [-0.05, 0) is 31.1 Å². The van der Waals surface area contributed by atoms with Gasteiger partial charge in [0.1, 0.15) is 0 Å². The molecule has 0 fully saturated rings. The van der Waals surface area contributed by atoms with Crippen molar-refractivity contribution in [1.82, 2.24) is 5.32 Å². The lowest BCUT2D eigenvalue weighted by Crippen LogP contribution is -2.22. The third-order valence-corrected chi connectivity index (χ3v) is 2.48. The van der Waals surface area contributed by atoms with E-state index >= 15 is 0 Å². The third-order valence-electron chi connectivity index (χ3n) is 2.48. The van der Waals surface area contributed by atoms with Gasteiger partial charge >= 0.3 is 6.18 Å². The van der Waals surface area contributed by atoms with Crippen LogP contribution in [0.3, 0.4) is 0 Å². The highest BCUT2D eigenvalue weighted by Crippen LogP contribution is 2.35. The topological polar surface area (TPSA) is 21.3 Å². The standard InChI is InChI=1S/C12H16F3NO/c1-16-8-7-9-3-5-10(6-4-9)11(17-2)12(13,14)15/h3-6,11,16H,7-8H2,1-2H3. The van der Waals surface area contributed by atoms with Gasteiger partial charge in [-0.2, -0.15) is 13.2 Å². The summed E-state index contributed by atoms with van der Waals surface area (Å²) in [4.78, 5) is 0. The van der Waals surface area contributed by atoms with Crippen LogP contribution in [-0.2, 0) is 11.2 Å². The molecule has 1 atom stereocenters. The predicted octanol–water partition coefficient (Wildman–Crippen LogP) is 2.70. The maximum Gasteiger partial charge on any atom is 0.418 e. The summed E-state index contributed by atoms with van der Waals surface area (Å²) in [6, 6.07) is 6.33. The van der Waals surface area contributed by atoms with Crippen molar-refractivity contribution in [1.29, 1.82) is 0 Å². The third kappa shape index (κ3) is 4.02. The van der Waals surface area contributed by atoms with Crippen molar-refractivity contribution in [2.45, 2.75) is 18.7 Å². The average molecular weight is 247 g/mol. The summed E-state index contributed by atoms with van der Waals surface area (Å²) in [5.41, 5.74) is 1.13. The fourth-order valence-corrected chi connectivity index (χ4v) is 1.59. The summed E-state index contributed by atoms with van der Waals surface area (Å²) in [7, 11) is 2.89. The van der Waals surface area contributed by atoms with Gasteiger partial charge in [0.15, 0.2) is 6.10 Å². The molecule has 0 saturated carbocycles. The first-order chi connectivity index (χ1) is 7.99. The molecule has 1 aromatic rings. The molecule has 1 aromatic carbocycles. The van der Waals surface area contributed by atoms with E-state index in [1.54, 1.807) is 12.1 Å². The lowest BCUT2D eigenvalue weighted by molar-refractivity contribution is -0.215. The highest BCUT2D eigenvalue weighted by atomic mass is 19.4. The van der Waals surface area contributed by atoms with Crippen LogP contribution < -0.4 is 5.32 Å². The van der Waals surface area contributed by atoms with E-state index < -0.39 is 12.3 Å². The normalized spacial score (nSPS) is 13.7. The van der Waals surface area contributed by atoms with Crippen LogP contribution in [0.2, 0.25) is 0 Å². The number of likely N-dealkylation sites (N-methyl/N-ethyl adjacent to an activating group) is 1. The van der Waals surface area contributed by atoms with Gasteiger partial charge in [0, 0.05) is 7.11 Å². The van der Waals surface area contributed by atoms with Crippen LogP contribution in [0.1, 0.15) is 17.2 Å². The molecule has 1 N–H and O–H groups in total. The molecule has 5 heteroatoms. The molecule has 0 aromatic heterocycles. The smallest absolute Gasteiger partial charge is 0.367 e. The van der Waals surface area contributed by atoms with Crippen LogP contribution in [0.25, 0.3) is 0 Å². The molecule has 0 radical (unpaired) electrons. The number of rotatable bonds is 5. The Kier molecular flexibility index (Phi) is 4.96. The molecule has 0 aliphatic heterocycles. The molecule has 0 spiro atoms. The van der Waals surface area contributed by atoms with E-state index in [1.807, 2.05) is 7.05 Å². The van der Waals surface area contributed by atoms with E-state index in [-0.39, 0.29) is 5.56 Å². The number of hydrogen-bond donors (Lipinski definition) is 1. The molecule has 0 amide bonds. The Morgan fingerprint density at radius 3 is 2.24 bits per heavy atom. The minimum absolute atomic E-state index is 0.133. The maximum absolute atomic E-state index is 12.6. The number of hydrogen-bond acceptors (Lipinski definition) is 2. The summed E-state index contributed by atoms with van der Waals surface area (Å²) in [6.45, 7) is 0.798. The number of alkyl halides is 3. The molecule has 0 saturated heterocycles. The Bertz CT molecular complexity index is 335. The van der Waals surface area contributed by atoms with Crippen molar-refractivity contribution < 1.29 is 17.9 Å². The number of methoxy groups -OCH3 is 1. The van der Waals surface area contributed by atoms with Crippen LogP contribution in [0.15, 0.2) is 24.3 Å². The summed E-state index contributed by atoms with van der Waals surface area (Å²) >= 11 is 0. The summed E-state index contributed by atoms with van der Waals surface area (Å²) in [6.07, 6.45) is -5.43. The number of ether oxygens (including phenoxy) is 1. The fraction of sp³-hybridized carbons (Fsp3) is 0.500. The number of benzene rings is 1. The van der Waals surface area contributed by atoms with E-state index in [9.17, 15) is 13.2 Å². The predicted molar refractivity (Wildman–Crippen MR) is 59.9 cm³/mol. The van der Waals surface area contributed by atoms with Crippen molar-refractivity contribution in [2.75, 3.05) is 20.7 Å². The number of nitrogens with one attached hydrogen (secondary N) is 1. The van der Waals surface area contributed by atoms with Gasteiger partial charge in [0.05, 0.1) is 0 Å². The van der Waals surface area contributed by atoms with Crippen LogP contribution in [0.4, 0.5) is 13.2 Å². The first kappa shape index (κ1) is 14.0. The first-order valence-electron chi connectivity index (χ1n) is 5.32. The lowest BCUT2D eigenvalue weighted by Gasteiger charge is -2.19. The fourth-order valence-electron chi connectivity index (χ4n) is 1.59. The van der Waals surface area contributed by atoms with E-state index in [0.29, 0.717) is 0 Å². The zero-order chi connectivity index (χ0) is 12.9. The van der Waals surface area contributed by atoms with E-state index in [1.165, 1.54) is 12.1 Å². The average Bonchev–Trinajstić information content (AvgIpc) is 2.27. The first-order valence-corrected chi connectivity index (χ1v) is 5.32. The van der Waals surface area contributed by atoms with Crippen LogP contribution >= 0.6 is 0 Å². The Labute approximate surface area is 98.8 Å². The maximum atomic E-state index is 12.6. The Morgan fingerprint density at radius 1 is 1.24 bits per heavy atom. The Morgan fingerprint density at radius 2 is 1.82 bits per heavy atom. The van der Waals surface area contributed by atoms with Gasteiger partial charge in [-0.3, -0.25) is 0 Å². The zero-order valence-electron chi connectivity index (χ0n) is 9.84. The van der Waals surface area contributed by atoms with E-state index in [0.717, 1.165) is 25.6 Å². The van der Waals surface area contributed by atoms with Gasteiger partial charge in [-0.15, -0.1) is 0 Å². The molecule has 2 nitrogen and oxygen atoms in total. The Balaban J connectivity index is 2.78. The molecule has 1 unspecified atom stereocenters. The van der Waals surface area contributed by atoms with Crippen molar-refractivity contribution in [2.24, 2.45) is 0 Å². The molecule has 0 aliphatic rings. The molecule has 0 bridgehead atoms. The van der Waals surface area contributed by atoms with Gasteiger partial charge in [0.2, 0.25) is 0 Å². The largest absolute Gasteiger partial charge is 0.418 e. The van der Waals surface area contributed by atoms with Gasteiger partial charge < -0.3 is 10.1 Å². The number of halogens is 3. The second-order valence-electron chi connectivity index (χ2n) is 3.75. The highest BCUT2D eigenvalue weighted by Gasteiger charge is 2.40. The summed E-state index contributed by atoms with van der Waals surface area (Å²) < 4.78 is 42.2. The minimum atomic E-state index is -4.37. The van der Waals surface area contributed by atoms with Gasteiger partial charge in [0.25, 0.3) is 0 Å². The Hall–Kier alpha value is -1.07. The SMILES string of the molecule is CNCCc1ccc(C(OC)C(F)(F)F)cc1. The highest BCUT2D eigenvalue weighted by molar-refractivity contribution is 5.25. The molecule has 0 heterocycles. The molecule has 1 rings (SSSR count). The second-order valence-corrected chi connectivity index (χ2v) is 3.75. The molecule has 17 heavy (non-hydrogen) atoms. The van der Waals surface area contributed by atoms with Crippen LogP contribution in [0.5, 0.6) is 0 Å². The summed E-state index contributed by atoms with van der Waals surface area (Å²) in [5, 5.41) is 2.98. The molecule has 96 valence electrons. The monoisotopic (exact) mass is 247 g/mol. The van der Waals surface area contributed by atoms with Crippen LogP contribution in [-0.4, -0.2) is 26.9 Å². The van der Waals surface area contributed by atoms with E-state index in [2.05, 4.69) is 10.1 Å². The van der Waals surface area contributed by atoms with Crippen LogP contribution in [0, 0.1) is 0 Å². The summed E-state index contributed by atoms with van der Waals surface area (Å²) in [5.74, 6) is 0. The molecular weight excluding hydrogens is 231 g/mol. The van der Waals surface area contributed by atoms with Crippen molar-refractivity contribution >= 4 is 0 Å². The van der Waals surface area contributed by atoms with Crippen molar-refractivity contribution in [3.63, 3.8) is 0 Å². The van der Waals surface area contributed by atoms with E-state index in [4.69, 9.17) is 0 Å². The van der Waals surface area contributed by atoms with Gasteiger partial charge in [-0.25, -0.2) is 0 Å². The minimum Gasteiger partial charge on any atom is -0.367 e. The van der Waals surface area contributed by atoms with Gasteiger partial charge in [-0.1, -0.05) is 24.3 Å². The second kappa shape index (κ2) is 6.02. The quantitative estimate of drug-likeness (QED) is 0.863. The van der Waals surface area contributed by atoms with Crippen molar-refractivity contribution in [3.8, 4) is 0 Å². The lowest BCUT2D eigenvalue weighted by atomic mass is 10.0. The molecule has 0 aliphatic carbocycles. The molecular formula is C12H16F3NO.